The van der Waals surface area contributed by atoms with Gasteiger partial charge in [0.1, 0.15) is 5.52 Å². The minimum absolute atomic E-state index is 0.00528. The quantitative estimate of drug-likeness (QED) is 0.655. The van der Waals surface area contributed by atoms with Crippen molar-refractivity contribution in [3.63, 3.8) is 0 Å². The van der Waals surface area contributed by atoms with E-state index in [4.69, 9.17) is 0 Å². The number of carbonyl (C=O) groups is 3. The third kappa shape index (κ3) is 3.62. The van der Waals surface area contributed by atoms with Crippen LogP contribution in [0.3, 0.4) is 0 Å². The number of hydrogen-bond donors (Lipinski definition) is 1. The SMILES string of the molecule is O=C(CCN1C(=O)S/C(=C\c2cccs2)C1=O)Nc1cccc2nonc12. The number of thiophene rings is 1. The molecule has 8 nitrogen and oxygen atoms in total. The Balaban J connectivity index is 1.39. The van der Waals surface area contributed by atoms with E-state index in [1.807, 2.05) is 17.5 Å². The van der Waals surface area contributed by atoms with Gasteiger partial charge < -0.3 is 5.32 Å². The van der Waals surface area contributed by atoms with Gasteiger partial charge in [0.2, 0.25) is 5.91 Å². The molecule has 0 radical (unpaired) electrons. The topological polar surface area (TPSA) is 105 Å². The molecule has 0 bridgehead atoms. The highest BCUT2D eigenvalue weighted by Crippen LogP contribution is 2.33. The molecule has 10 heteroatoms. The number of aromatic nitrogens is 2. The molecule has 1 saturated heterocycles. The summed E-state index contributed by atoms with van der Waals surface area (Å²) in [5.74, 6) is -0.721. The number of amides is 3. The first kappa shape index (κ1) is 17.4. The number of nitrogens with zero attached hydrogens (tertiary/aromatic N) is 3. The second kappa shape index (κ2) is 7.33. The van der Waals surface area contributed by atoms with E-state index < -0.39 is 0 Å². The lowest BCUT2D eigenvalue weighted by Crippen LogP contribution is -2.31. The number of hydrogen-bond acceptors (Lipinski definition) is 8. The lowest BCUT2D eigenvalue weighted by molar-refractivity contribution is -0.123. The van der Waals surface area contributed by atoms with Crippen molar-refractivity contribution in [1.29, 1.82) is 0 Å². The zero-order valence-electron chi connectivity index (χ0n) is 13.7. The number of anilines is 1. The van der Waals surface area contributed by atoms with Gasteiger partial charge in [-0.25, -0.2) is 4.63 Å². The molecule has 3 heterocycles. The number of benzene rings is 1. The second-order valence-corrected chi connectivity index (χ2v) is 7.56. The molecule has 0 spiro atoms. The van der Waals surface area contributed by atoms with E-state index in [2.05, 4.69) is 20.3 Å². The van der Waals surface area contributed by atoms with Crippen LogP contribution >= 0.6 is 23.1 Å². The van der Waals surface area contributed by atoms with E-state index in [-0.39, 0.29) is 30.0 Å². The van der Waals surface area contributed by atoms with Crippen LogP contribution in [-0.2, 0) is 9.59 Å². The van der Waals surface area contributed by atoms with Gasteiger partial charge in [-0.2, -0.15) is 0 Å². The Labute approximate surface area is 161 Å². The van der Waals surface area contributed by atoms with Gasteiger partial charge in [0.05, 0.1) is 10.6 Å². The van der Waals surface area contributed by atoms with Gasteiger partial charge in [-0.3, -0.25) is 19.3 Å². The molecular weight excluding hydrogens is 388 g/mol. The van der Waals surface area contributed by atoms with E-state index in [1.165, 1.54) is 11.3 Å². The molecule has 1 aromatic carbocycles. The van der Waals surface area contributed by atoms with Gasteiger partial charge in [-0.05, 0) is 51.7 Å². The van der Waals surface area contributed by atoms with Crippen LogP contribution in [0.15, 0.2) is 45.2 Å². The van der Waals surface area contributed by atoms with Crippen molar-refractivity contribution < 1.29 is 19.0 Å². The molecule has 4 rings (SSSR count). The van der Waals surface area contributed by atoms with Crippen LogP contribution in [0.5, 0.6) is 0 Å². The minimum atomic E-state index is -0.381. The van der Waals surface area contributed by atoms with Crippen LogP contribution in [-0.4, -0.2) is 38.8 Å². The fourth-order valence-corrected chi connectivity index (χ4v) is 4.12. The van der Waals surface area contributed by atoms with E-state index in [0.29, 0.717) is 21.6 Å². The van der Waals surface area contributed by atoms with Crippen LogP contribution < -0.4 is 5.32 Å². The Morgan fingerprint density at radius 1 is 1.22 bits per heavy atom. The van der Waals surface area contributed by atoms with E-state index >= 15 is 0 Å². The lowest BCUT2D eigenvalue weighted by atomic mass is 10.2. The predicted octanol–water partition coefficient (Wildman–Crippen LogP) is 3.35. The van der Waals surface area contributed by atoms with E-state index in [9.17, 15) is 14.4 Å². The number of fused-ring (bicyclic) bond motifs is 1. The lowest BCUT2D eigenvalue weighted by Gasteiger charge is -2.12. The summed E-state index contributed by atoms with van der Waals surface area (Å²) in [5.41, 5.74) is 1.43. The third-order valence-corrected chi connectivity index (χ3v) is 5.54. The molecule has 1 aliphatic heterocycles. The zero-order chi connectivity index (χ0) is 18.8. The van der Waals surface area contributed by atoms with E-state index in [0.717, 1.165) is 21.5 Å². The van der Waals surface area contributed by atoms with Gasteiger partial charge in [0.15, 0.2) is 5.52 Å². The van der Waals surface area contributed by atoms with Crippen molar-refractivity contribution >= 4 is 62.9 Å². The van der Waals surface area contributed by atoms with Gasteiger partial charge in [-0.1, -0.05) is 12.1 Å². The average Bonchev–Trinajstić information content (AvgIpc) is 3.37. The summed E-state index contributed by atoms with van der Waals surface area (Å²) in [4.78, 5) is 39.1. The van der Waals surface area contributed by atoms with Crippen LogP contribution in [0.25, 0.3) is 17.1 Å². The van der Waals surface area contributed by atoms with Crippen LogP contribution in [0, 0.1) is 0 Å². The molecule has 2 aromatic heterocycles. The van der Waals surface area contributed by atoms with Crippen molar-refractivity contribution in [3.05, 3.63) is 45.5 Å². The number of thioether (sulfide) groups is 1. The summed E-state index contributed by atoms with van der Waals surface area (Å²) in [6.45, 7) is 0.00528. The fourth-order valence-electron chi connectivity index (χ4n) is 2.53. The molecule has 1 fully saturated rings. The van der Waals surface area contributed by atoms with Crippen LogP contribution in [0.4, 0.5) is 10.5 Å². The van der Waals surface area contributed by atoms with Crippen molar-refractivity contribution in [1.82, 2.24) is 15.2 Å². The van der Waals surface area contributed by atoms with Crippen LogP contribution in [0.2, 0.25) is 0 Å². The van der Waals surface area contributed by atoms with Gasteiger partial charge in [0, 0.05) is 17.8 Å². The Bertz CT molecular complexity index is 1060. The first-order valence-electron chi connectivity index (χ1n) is 7.92. The number of imide groups is 1. The first-order chi connectivity index (χ1) is 13.1. The van der Waals surface area contributed by atoms with Gasteiger partial charge in [-0.15, -0.1) is 11.3 Å². The highest BCUT2D eigenvalue weighted by molar-refractivity contribution is 8.18. The standard InChI is InChI=1S/C17H12N4O4S2/c22-14(18-11-4-1-5-12-15(11)20-25-19-12)6-7-21-16(23)13(27-17(21)24)9-10-3-2-8-26-10/h1-5,8-9H,6-7H2,(H,18,22)/b13-9-. The number of rotatable bonds is 5. The van der Waals surface area contributed by atoms with Gasteiger partial charge in [0.25, 0.3) is 11.1 Å². The summed E-state index contributed by atoms with van der Waals surface area (Å²) in [7, 11) is 0. The molecule has 0 atom stereocenters. The smallest absolute Gasteiger partial charge is 0.293 e. The van der Waals surface area contributed by atoms with E-state index in [1.54, 1.807) is 24.3 Å². The summed E-state index contributed by atoms with van der Waals surface area (Å²) in [6.07, 6.45) is 1.67. The summed E-state index contributed by atoms with van der Waals surface area (Å²) in [5, 5.41) is 11.7. The minimum Gasteiger partial charge on any atom is -0.324 e. The Hall–Kier alpha value is -2.98. The largest absolute Gasteiger partial charge is 0.324 e. The molecule has 0 saturated carbocycles. The molecular formula is C17H12N4O4S2. The summed E-state index contributed by atoms with van der Waals surface area (Å²) in [6, 6.07) is 8.84. The molecule has 3 aromatic rings. The van der Waals surface area contributed by atoms with Crippen LogP contribution in [0.1, 0.15) is 11.3 Å². The molecule has 1 N–H and O–H groups in total. The highest BCUT2D eigenvalue weighted by atomic mass is 32.2. The maximum Gasteiger partial charge on any atom is 0.293 e. The second-order valence-electron chi connectivity index (χ2n) is 5.58. The summed E-state index contributed by atoms with van der Waals surface area (Å²) < 4.78 is 4.65. The van der Waals surface area contributed by atoms with Crippen molar-refractivity contribution in [2.75, 3.05) is 11.9 Å². The molecule has 0 aliphatic carbocycles. The zero-order valence-corrected chi connectivity index (χ0v) is 15.4. The molecule has 27 heavy (non-hydrogen) atoms. The molecule has 136 valence electrons. The number of nitrogens with one attached hydrogen (secondary N) is 1. The molecule has 3 amide bonds. The van der Waals surface area contributed by atoms with Crippen molar-refractivity contribution in [2.24, 2.45) is 0 Å². The van der Waals surface area contributed by atoms with Gasteiger partial charge >= 0.3 is 0 Å². The monoisotopic (exact) mass is 400 g/mol. The van der Waals surface area contributed by atoms with Crippen molar-refractivity contribution in [2.45, 2.75) is 6.42 Å². The molecule has 1 aliphatic rings. The van der Waals surface area contributed by atoms with Crippen molar-refractivity contribution in [3.8, 4) is 0 Å². The average molecular weight is 400 g/mol. The third-order valence-electron chi connectivity index (χ3n) is 3.81. The first-order valence-corrected chi connectivity index (χ1v) is 9.61. The highest BCUT2D eigenvalue weighted by Gasteiger charge is 2.35. The maximum absolute atomic E-state index is 12.4. The number of carbonyl (C=O) groups excluding carboxylic acids is 3. The fraction of sp³-hybridized carbons (Fsp3) is 0.118. The predicted molar refractivity (Wildman–Crippen MR) is 102 cm³/mol. The summed E-state index contributed by atoms with van der Waals surface area (Å²) >= 11 is 2.36. The Morgan fingerprint density at radius 2 is 2.11 bits per heavy atom. The Kier molecular flexibility index (Phi) is 4.73. The Morgan fingerprint density at radius 3 is 2.93 bits per heavy atom. The normalized spacial score (nSPS) is 15.9. The maximum atomic E-state index is 12.4. The molecule has 0 unspecified atom stereocenters.